The molecule has 1 heterocycles. The van der Waals surface area contributed by atoms with Gasteiger partial charge in [-0.25, -0.2) is 0 Å². The van der Waals surface area contributed by atoms with Gasteiger partial charge in [-0.1, -0.05) is 11.8 Å². The first-order chi connectivity index (χ1) is 10.2. The second-order valence-electron chi connectivity index (χ2n) is 4.25. The number of halogens is 2. The molecule has 1 N–H and O–H groups in total. The van der Waals surface area contributed by atoms with E-state index in [4.69, 9.17) is 9.15 Å². The highest BCUT2D eigenvalue weighted by atomic mass is 32.2. The summed E-state index contributed by atoms with van der Waals surface area (Å²) in [4.78, 5) is 0. The SMILES string of the molecule is CCOc1ccc(NCc2ccc(CSC(F)F)o2)cc1. The second-order valence-corrected chi connectivity index (χ2v) is 5.23. The van der Waals surface area contributed by atoms with Crippen molar-refractivity contribution in [3.8, 4) is 5.75 Å². The van der Waals surface area contributed by atoms with Gasteiger partial charge in [0.2, 0.25) is 0 Å². The van der Waals surface area contributed by atoms with Gasteiger partial charge in [0.1, 0.15) is 17.3 Å². The predicted molar refractivity (Wildman–Crippen MR) is 80.9 cm³/mol. The number of hydrogen-bond acceptors (Lipinski definition) is 4. The molecule has 0 bridgehead atoms. The zero-order valence-corrected chi connectivity index (χ0v) is 12.5. The highest BCUT2D eigenvalue weighted by Gasteiger charge is 2.07. The summed E-state index contributed by atoms with van der Waals surface area (Å²) in [6.07, 6.45) is 0. The Hall–Kier alpha value is -1.69. The molecule has 0 aliphatic carbocycles. The molecular weight excluding hydrogens is 296 g/mol. The molecule has 0 radical (unpaired) electrons. The molecule has 6 heteroatoms. The van der Waals surface area contributed by atoms with E-state index >= 15 is 0 Å². The Bertz CT molecular complexity index is 543. The number of nitrogens with one attached hydrogen (secondary N) is 1. The van der Waals surface area contributed by atoms with Crippen LogP contribution < -0.4 is 10.1 Å². The van der Waals surface area contributed by atoms with Crippen LogP contribution in [0.2, 0.25) is 0 Å². The molecular formula is C15H17F2NO2S. The van der Waals surface area contributed by atoms with E-state index in [1.54, 1.807) is 12.1 Å². The molecule has 114 valence electrons. The third-order valence-electron chi connectivity index (χ3n) is 2.70. The van der Waals surface area contributed by atoms with Crippen LogP contribution in [-0.4, -0.2) is 12.4 Å². The van der Waals surface area contributed by atoms with Crippen LogP contribution in [-0.2, 0) is 12.3 Å². The smallest absolute Gasteiger partial charge is 0.284 e. The Labute approximate surface area is 126 Å². The standard InChI is InChI=1S/C15H17F2NO2S/c1-2-19-12-5-3-11(4-6-12)18-9-13-7-8-14(20-13)10-21-15(16)17/h3-8,15,18H,2,9-10H2,1H3. The summed E-state index contributed by atoms with van der Waals surface area (Å²) in [5.74, 6) is -0.0915. The number of thioether (sulfide) groups is 1. The van der Waals surface area contributed by atoms with Crippen molar-refractivity contribution in [3.63, 3.8) is 0 Å². The predicted octanol–water partition coefficient (Wildman–Crippen LogP) is 4.75. The van der Waals surface area contributed by atoms with E-state index in [1.165, 1.54) is 0 Å². The van der Waals surface area contributed by atoms with Gasteiger partial charge in [-0.2, -0.15) is 8.78 Å². The van der Waals surface area contributed by atoms with Crippen molar-refractivity contribution in [2.45, 2.75) is 25.0 Å². The van der Waals surface area contributed by atoms with Gasteiger partial charge in [-0.3, -0.25) is 0 Å². The quantitative estimate of drug-likeness (QED) is 0.763. The molecule has 0 saturated carbocycles. The van der Waals surface area contributed by atoms with Crippen LogP contribution in [0, 0.1) is 0 Å². The second kappa shape index (κ2) is 7.93. The third kappa shape index (κ3) is 5.30. The molecule has 0 aliphatic heterocycles. The first-order valence-corrected chi connectivity index (χ1v) is 7.66. The minimum atomic E-state index is -2.37. The maximum atomic E-state index is 12.1. The van der Waals surface area contributed by atoms with Crippen molar-refractivity contribution in [2.24, 2.45) is 0 Å². The molecule has 0 saturated heterocycles. The van der Waals surface area contributed by atoms with Crippen molar-refractivity contribution < 1.29 is 17.9 Å². The van der Waals surface area contributed by atoms with Crippen LogP contribution in [0.1, 0.15) is 18.4 Å². The number of alkyl halides is 2. The lowest BCUT2D eigenvalue weighted by atomic mass is 10.3. The van der Waals surface area contributed by atoms with Gasteiger partial charge >= 0.3 is 0 Å². The summed E-state index contributed by atoms with van der Waals surface area (Å²) in [6.45, 7) is 3.08. The Morgan fingerprint density at radius 1 is 1.14 bits per heavy atom. The average Bonchev–Trinajstić information content (AvgIpc) is 2.93. The van der Waals surface area contributed by atoms with Crippen molar-refractivity contribution >= 4 is 17.4 Å². The summed E-state index contributed by atoms with van der Waals surface area (Å²) >= 11 is 0.557. The minimum absolute atomic E-state index is 0.181. The summed E-state index contributed by atoms with van der Waals surface area (Å²) in [7, 11) is 0. The minimum Gasteiger partial charge on any atom is -0.494 e. The summed E-state index contributed by atoms with van der Waals surface area (Å²) in [5, 5.41) is 3.20. The molecule has 1 aromatic heterocycles. The van der Waals surface area contributed by atoms with Crippen LogP contribution in [0.3, 0.4) is 0 Å². The van der Waals surface area contributed by atoms with Gasteiger partial charge in [0.05, 0.1) is 18.9 Å². The van der Waals surface area contributed by atoms with Crippen molar-refractivity contribution in [3.05, 3.63) is 47.9 Å². The summed E-state index contributed by atoms with van der Waals surface area (Å²) in [5.41, 5.74) is 0.943. The number of rotatable bonds is 8. The van der Waals surface area contributed by atoms with Gasteiger partial charge in [0.25, 0.3) is 5.76 Å². The van der Waals surface area contributed by atoms with Crippen LogP contribution in [0.4, 0.5) is 14.5 Å². The van der Waals surface area contributed by atoms with E-state index in [0.717, 1.165) is 11.4 Å². The Kier molecular flexibility index (Phi) is 5.92. The van der Waals surface area contributed by atoms with Crippen molar-refractivity contribution in [1.82, 2.24) is 0 Å². The summed E-state index contributed by atoms with van der Waals surface area (Å²) < 4.78 is 35.0. The fourth-order valence-corrected chi connectivity index (χ4v) is 2.21. The maximum Gasteiger partial charge on any atom is 0.284 e. The number of anilines is 1. The van der Waals surface area contributed by atoms with E-state index in [2.05, 4.69) is 5.32 Å². The number of benzene rings is 1. The van der Waals surface area contributed by atoms with Gasteiger partial charge in [-0.15, -0.1) is 0 Å². The molecule has 1 aromatic carbocycles. The first-order valence-electron chi connectivity index (χ1n) is 6.61. The molecule has 0 spiro atoms. The third-order valence-corrected chi connectivity index (χ3v) is 3.40. The lowest BCUT2D eigenvalue weighted by molar-refractivity contribution is 0.251. The lowest BCUT2D eigenvalue weighted by Crippen LogP contribution is -1.98. The topological polar surface area (TPSA) is 34.4 Å². The Morgan fingerprint density at radius 3 is 2.52 bits per heavy atom. The fraction of sp³-hybridized carbons (Fsp3) is 0.333. The van der Waals surface area contributed by atoms with Gasteiger partial charge in [-0.05, 0) is 43.3 Å². The molecule has 2 aromatic rings. The Balaban J connectivity index is 1.82. The van der Waals surface area contributed by atoms with Crippen LogP contribution >= 0.6 is 11.8 Å². The average molecular weight is 313 g/mol. The van der Waals surface area contributed by atoms with Crippen molar-refractivity contribution in [1.29, 1.82) is 0 Å². The van der Waals surface area contributed by atoms with Crippen LogP contribution in [0.5, 0.6) is 5.75 Å². The van der Waals surface area contributed by atoms with Gasteiger partial charge < -0.3 is 14.5 Å². The van der Waals surface area contributed by atoms with E-state index in [1.807, 2.05) is 31.2 Å². The fourth-order valence-electron chi connectivity index (χ4n) is 1.76. The lowest BCUT2D eigenvalue weighted by Gasteiger charge is -2.06. The maximum absolute atomic E-state index is 12.1. The van der Waals surface area contributed by atoms with Crippen molar-refractivity contribution in [2.75, 3.05) is 11.9 Å². The monoisotopic (exact) mass is 313 g/mol. The normalized spacial score (nSPS) is 10.9. The zero-order chi connectivity index (χ0) is 15.1. The molecule has 2 rings (SSSR count). The molecule has 0 atom stereocenters. The van der Waals surface area contributed by atoms with E-state index in [-0.39, 0.29) is 5.75 Å². The largest absolute Gasteiger partial charge is 0.494 e. The molecule has 0 aliphatic rings. The van der Waals surface area contributed by atoms with E-state index in [9.17, 15) is 8.78 Å². The first kappa shape index (κ1) is 15.7. The molecule has 0 unspecified atom stereocenters. The number of ether oxygens (including phenoxy) is 1. The zero-order valence-electron chi connectivity index (χ0n) is 11.6. The molecule has 3 nitrogen and oxygen atoms in total. The summed E-state index contributed by atoms with van der Waals surface area (Å²) in [6, 6.07) is 11.1. The molecule has 21 heavy (non-hydrogen) atoms. The highest BCUT2D eigenvalue weighted by molar-refractivity contribution is 7.98. The van der Waals surface area contributed by atoms with Gasteiger partial charge in [0, 0.05) is 5.69 Å². The number of furan rings is 1. The van der Waals surface area contributed by atoms with Gasteiger partial charge in [0.15, 0.2) is 0 Å². The van der Waals surface area contributed by atoms with Crippen LogP contribution in [0.15, 0.2) is 40.8 Å². The number of hydrogen-bond donors (Lipinski definition) is 1. The van der Waals surface area contributed by atoms with Crippen LogP contribution in [0.25, 0.3) is 0 Å². The van der Waals surface area contributed by atoms with E-state index < -0.39 is 5.76 Å². The Morgan fingerprint density at radius 2 is 1.86 bits per heavy atom. The molecule has 0 amide bonds. The highest BCUT2D eigenvalue weighted by Crippen LogP contribution is 2.22. The van der Waals surface area contributed by atoms with E-state index in [0.29, 0.717) is 36.4 Å². The molecule has 0 fully saturated rings.